The summed E-state index contributed by atoms with van der Waals surface area (Å²) in [6.07, 6.45) is 4.18. The fraction of sp³-hybridized carbons (Fsp3) is 0.714. The maximum atomic E-state index is 12.6. The lowest BCUT2D eigenvalue weighted by Crippen LogP contribution is -2.57. The van der Waals surface area contributed by atoms with Crippen LogP contribution in [0.1, 0.15) is 19.8 Å². The van der Waals surface area contributed by atoms with Crippen molar-refractivity contribution in [2.75, 3.05) is 37.6 Å². The van der Waals surface area contributed by atoms with Crippen LogP contribution in [0.4, 0.5) is 5.13 Å². The molecule has 2 fully saturated rings. The Hall–Kier alpha value is -1.14. The van der Waals surface area contributed by atoms with Gasteiger partial charge in [-0.05, 0) is 25.3 Å². The van der Waals surface area contributed by atoms with Gasteiger partial charge in [0.05, 0.1) is 6.04 Å². The Kier molecular flexibility index (Phi) is 4.21. The van der Waals surface area contributed by atoms with E-state index in [2.05, 4.69) is 22.1 Å². The number of aromatic nitrogens is 1. The van der Waals surface area contributed by atoms with Gasteiger partial charge >= 0.3 is 0 Å². The molecule has 1 aromatic heterocycles. The first-order chi connectivity index (χ1) is 9.75. The molecule has 1 N–H and O–H groups in total. The third kappa shape index (κ3) is 2.81. The number of carbonyl (C=O) groups excluding carboxylic acids is 1. The van der Waals surface area contributed by atoms with E-state index >= 15 is 0 Å². The molecule has 0 aromatic carbocycles. The minimum atomic E-state index is 0.0233. The number of nitrogens with zero attached hydrogens (tertiary/aromatic N) is 3. The summed E-state index contributed by atoms with van der Waals surface area (Å²) in [6, 6.07) is 0.0233. The molecule has 0 bridgehead atoms. The molecule has 1 aromatic rings. The van der Waals surface area contributed by atoms with E-state index in [9.17, 15) is 4.79 Å². The topological polar surface area (TPSA) is 48.5 Å². The van der Waals surface area contributed by atoms with Gasteiger partial charge in [-0.1, -0.05) is 6.92 Å². The molecule has 0 saturated carbocycles. The first kappa shape index (κ1) is 13.8. The highest BCUT2D eigenvalue weighted by molar-refractivity contribution is 7.13. The van der Waals surface area contributed by atoms with Crippen LogP contribution in [0.3, 0.4) is 0 Å². The minimum Gasteiger partial charge on any atom is -0.345 e. The number of hydrogen-bond acceptors (Lipinski definition) is 5. The zero-order valence-corrected chi connectivity index (χ0v) is 12.7. The molecule has 2 saturated heterocycles. The lowest BCUT2D eigenvalue weighted by atomic mass is 9.91. The van der Waals surface area contributed by atoms with Gasteiger partial charge in [0, 0.05) is 37.8 Å². The van der Waals surface area contributed by atoms with Gasteiger partial charge in [0.2, 0.25) is 5.91 Å². The SMILES string of the molecule is CC1CCCNC1C(=O)N1CCN(c2nccs2)CC1. The molecule has 6 heteroatoms. The van der Waals surface area contributed by atoms with Crippen LogP contribution in [0.15, 0.2) is 11.6 Å². The van der Waals surface area contributed by atoms with Crippen LogP contribution in [-0.4, -0.2) is 54.6 Å². The van der Waals surface area contributed by atoms with Crippen molar-refractivity contribution < 1.29 is 4.79 Å². The van der Waals surface area contributed by atoms with Gasteiger partial charge in [-0.25, -0.2) is 4.98 Å². The summed E-state index contributed by atoms with van der Waals surface area (Å²) in [5, 5.41) is 6.46. The predicted molar refractivity (Wildman–Crippen MR) is 81.1 cm³/mol. The second-order valence-corrected chi connectivity index (χ2v) is 6.55. The van der Waals surface area contributed by atoms with Crippen molar-refractivity contribution in [2.24, 2.45) is 5.92 Å². The van der Waals surface area contributed by atoms with Crippen LogP contribution >= 0.6 is 11.3 Å². The molecule has 0 aliphatic carbocycles. The van der Waals surface area contributed by atoms with Gasteiger partial charge in [0.25, 0.3) is 0 Å². The Labute approximate surface area is 124 Å². The Balaban J connectivity index is 1.56. The van der Waals surface area contributed by atoms with E-state index in [-0.39, 0.29) is 11.9 Å². The average molecular weight is 294 g/mol. The minimum absolute atomic E-state index is 0.0233. The van der Waals surface area contributed by atoms with Gasteiger partial charge in [0.15, 0.2) is 5.13 Å². The number of carbonyl (C=O) groups is 1. The predicted octanol–water partition coefficient (Wildman–Crippen LogP) is 1.18. The lowest BCUT2D eigenvalue weighted by molar-refractivity contribution is -0.135. The molecule has 5 nitrogen and oxygen atoms in total. The molecule has 110 valence electrons. The Bertz CT molecular complexity index is 442. The van der Waals surface area contributed by atoms with E-state index in [1.165, 1.54) is 6.42 Å². The van der Waals surface area contributed by atoms with Gasteiger partial charge in [-0.3, -0.25) is 4.79 Å². The summed E-state index contributed by atoms with van der Waals surface area (Å²) < 4.78 is 0. The summed E-state index contributed by atoms with van der Waals surface area (Å²) in [5.74, 6) is 0.740. The number of anilines is 1. The van der Waals surface area contributed by atoms with E-state index in [1.54, 1.807) is 11.3 Å². The van der Waals surface area contributed by atoms with Gasteiger partial charge in [-0.2, -0.15) is 0 Å². The Morgan fingerprint density at radius 2 is 2.20 bits per heavy atom. The lowest BCUT2D eigenvalue weighted by Gasteiger charge is -2.38. The Morgan fingerprint density at radius 1 is 1.40 bits per heavy atom. The second kappa shape index (κ2) is 6.10. The largest absolute Gasteiger partial charge is 0.345 e. The number of hydrogen-bond donors (Lipinski definition) is 1. The summed E-state index contributed by atoms with van der Waals surface area (Å²) >= 11 is 1.67. The van der Waals surface area contributed by atoms with Crippen molar-refractivity contribution in [3.05, 3.63) is 11.6 Å². The number of amides is 1. The first-order valence-corrected chi connectivity index (χ1v) is 8.30. The molecule has 1 amide bonds. The number of thiazole rings is 1. The normalized spacial score (nSPS) is 27.6. The number of nitrogens with one attached hydrogen (secondary N) is 1. The van der Waals surface area contributed by atoms with Gasteiger partial charge < -0.3 is 15.1 Å². The van der Waals surface area contributed by atoms with Crippen LogP contribution < -0.4 is 10.2 Å². The molecular formula is C14H22N4OS. The van der Waals surface area contributed by atoms with Crippen molar-refractivity contribution in [3.8, 4) is 0 Å². The summed E-state index contributed by atoms with van der Waals surface area (Å²) in [4.78, 5) is 21.2. The van der Waals surface area contributed by atoms with E-state index in [4.69, 9.17) is 0 Å². The third-order valence-electron chi connectivity index (χ3n) is 4.32. The van der Waals surface area contributed by atoms with Crippen molar-refractivity contribution >= 4 is 22.4 Å². The molecular weight excluding hydrogens is 272 g/mol. The molecule has 2 unspecified atom stereocenters. The van der Waals surface area contributed by atoms with Crippen LogP contribution in [0.5, 0.6) is 0 Å². The van der Waals surface area contributed by atoms with Crippen molar-refractivity contribution in [1.82, 2.24) is 15.2 Å². The number of rotatable bonds is 2. The smallest absolute Gasteiger partial charge is 0.240 e. The second-order valence-electron chi connectivity index (χ2n) is 5.68. The molecule has 3 heterocycles. The Morgan fingerprint density at radius 3 is 2.85 bits per heavy atom. The quantitative estimate of drug-likeness (QED) is 0.890. The molecule has 3 rings (SSSR count). The molecule has 2 aliphatic heterocycles. The molecule has 20 heavy (non-hydrogen) atoms. The van der Waals surface area contributed by atoms with Crippen LogP contribution in [0, 0.1) is 5.92 Å². The molecule has 2 aliphatic rings. The standard InChI is InChI=1S/C14H22N4OS/c1-11-3-2-4-15-12(11)13(19)17-6-8-18(9-7-17)14-16-5-10-20-14/h5,10-12,15H,2-4,6-9H2,1H3. The van der Waals surface area contributed by atoms with Crippen molar-refractivity contribution in [3.63, 3.8) is 0 Å². The summed E-state index contributed by atoms with van der Waals surface area (Å²) in [6.45, 7) is 6.55. The van der Waals surface area contributed by atoms with E-state index in [1.807, 2.05) is 16.5 Å². The van der Waals surface area contributed by atoms with Gasteiger partial charge in [-0.15, -0.1) is 11.3 Å². The maximum Gasteiger partial charge on any atom is 0.240 e. The third-order valence-corrected chi connectivity index (χ3v) is 5.15. The summed E-state index contributed by atoms with van der Waals surface area (Å²) in [5.41, 5.74) is 0. The first-order valence-electron chi connectivity index (χ1n) is 7.42. The monoisotopic (exact) mass is 294 g/mol. The molecule has 0 radical (unpaired) electrons. The maximum absolute atomic E-state index is 12.6. The van der Waals surface area contributed by atoms with Crippen LogP contribution in [0.25, 0.3) is 0 Å². The number of piperazine rings is 1. The zero-order valence-electron chi connectivity index (χ0n) is 11.9. The number of piperidine rings is 1. The van der Waals surface area contributed by atoms with Crippen LogP contribution in [0.2, 0.25) is 0 Å². The molecule has 2 atom stereocenters. The summed E-state index contributed by atoms with van der Waals surface area (Å²) in [7, 11) is 0. The van der Waals surface area contributed by atoms with E-state index in [0.29, 0.717) is 5.92 Å². The van der Waals surface area contributed by atoms with E-state index < -0.39 is 0 Å². The van der Waals surface area contributed by atoms with Crippen molar-refractivity contribution in [1.29, 1.82) is 0 Å². The van der Waals surface area contributed by atoms with Gasteiger partial charge in [0.1, 0.15) is 0 Å². The van der Waals surface area contributed by atoms with E-state index in [0.717, 1.165) is 44.3 Å². The fourth-order valence-corrected chi connectivity index (χ4v) is 3.76. The van der Waals surface area contributed by atoms with Crippen LogP contribution in [-0.2, 0) is 4.79 Å². The van der Waals surface area contributed by atoms with Crippen molar-refractivity contribution in [2.45, 2.75) is 25.8 Å². The zero-order chi connectivity index (χ0) is 13.9. The highest BCUT2D eigenvalue weighted by Gasteiger charge is 2.32. The highest BCUT2D eigenvalue weighted by atomic mass is 32.1. The molecule has 0 spiro atoms. The highest BCUT2D eigenvalue weighted by Crippen LogP contribution is 2.21. The fourth-order valence-electron chi connectivity index (χ4n) is 3.07. The average Bonchev–Trinajstić information content (AvgIpc) is 3.01.